The number of nitrogens with one attached hydrogen (secondary N) is 1. The van der Waals surface area contributed by atoms with Gasteiger partial charge in [0.15, 0.2) is 11.5 Å². The standard InChI is InChI=1S/C32H47NO4/c1-5-7-9-11-20-36-29-23-28(24-30(32(29)35)37-21-12-10-8-6-2)17-18-31(34)33-19-13-14-27-16-15-25(3)26(4)22-27/h15-18,22-24,35H,5-14,19-21H2,1-4H3,(H,33,34). The van der Waals surface area contributed by atoms with Crippen LogP contribution >= 0.6 is 0 Å². The van der Waals surface area contributed by atoms with Crippen molar-refractivity contribution in [2.75, 3.05) is 19.8 Å². The number of phenolic OH excluding ortho intramolecular Hbond substituents is 1. The van der Waals surface area contributed by atoms with E-state index < -0.39 is 0 Å². The van der Waals surface area contributed by atoms with E-state index in [0.29, 0.717) is 31.3 Å². The summed E-state index contributed by atoms with van der Waals surface area (Å²) in [5.41, 5.74) is 4.65. The number of phenols is 1. The fourth-order valence-corrected chi connectivity index (χ4v) is 4.03. The zero-order chi connectivity index (χ0) is 26.9. The average molecular weight is 510 g/mol. The van der Waals surface area contributed by atoms with Crippen LogP contribution in [0.1, 0.15) is 93.9 Å². The maximum Gasteiger partial charge on any atom is 0.243 e. The van der Waals surface area contributed by atoms with Crippen LogP contribution in [0.2, 0.25) is 0 Å². The topological polar surface area (TPSA) is 67.8 Å². The summed E-state index contributed by atoms with van der Waals surface area (Å²) in [4.78, 5) is 12.4. The molecule has 1 amide bonds. The number of hydrogen-bond acceptors (Lipinski definition) is 4. The Morgan fingerprint density at radius 3 is 2.03 bits per heavy atom. The Balaban J connectivity index is 1.94. The second-order valence-corrected chi connectivity index (χ2v) is 9.83. The van der Waals surface area contributed by atoms with Gasteiger partial charge in [-0.3, -0.25) is 4.79 Å². The van der Waals surface area contributed by atoms with E-state index in [-0.39, 0.29) is 11.7 Å². The van der Waals surface area contributed by atoms with Crippen LogP contribution in [0.4, 0.5) is 0 Å². The molecule has 0 spiro atoms. The van der Waals surface area contributed by atoms with Crippen LogP contribution in [0.25, 0.3) is 6.08 Å². The van der Waals surface area contributed by atoms with E-state index in [9.17, 15) is 9.90 Å². The molecule has 0 aliphatic heterocycles. The fourth-order valence-electron chi connectivity index (χ4n) is 4.03. The molecular weight excluding hydrogens is 462 g/mol. The Morgan fingerprint density at radius 1 is 0.838 bits per heavy atom. The summed E-state index contributed by atoms with van der Waals surface area (Å²) in [6.07, 6.45) is 13.8. The first-order chi connectivity index (χ1) is 17.9. The molecule has 0 saturated carbocycles. The number of carbonyl (C=O) groups excluding carboxylic acids is 1. The highest BCUT2D eigenvalue weighted by Gasteiger charge is 2.12. The van der Waals surface area contributed by atoms with Crippen molar-refractivity contribution in [3.05, 3.63) is 58.7 Å². The second kappa shape index (κ2) is 17.5. The lowest BCUT2D eigenvalue weighted by Gasteiger charge is -2.14. The van der Waals surface area contributed by atoms with Crippen molar-refractivity contribution < 1.29 is 19.4 Å². The summed E-state index contributed by atoms with van der Waals surface area (Å²) in [5.74, 6) is 0.683. The van der Waals surface area contributed by atoms with Crippen LogP contribution in [0.3, 0.4) is 0 Å². The highest BCUT2D eigenvalue weighted by Crippen LogP contribution is 2.38. The predicted octanol–water partition coefficient (Wildman–Crippen LogP) is 7.69. The van der Waals surface area contributed by atoms with E-state index in [1.54, 1.807) is 18.2 Å². The molecule has 2 N–H and O–H groups in total. The first kappa shape index (κ1) is 30.3. The molecule has 0 radical (unpaired) electrons. The van der Waals surface area contributed by atoms with Gasteiger partial charge in [0.2, 0.25) is 11.7 Å². The van der Waals surface area contributed by atoms with Crippen LogP contribution < -0.4 is 14.8 Å². The van der Waals surface area contributed by atoms with E-state index in [2.05, 4.69) is 51.2 Å². The van der Waals surface area contributed by atoms with Gasteiger partial charge >= 0.3 is 0 Å². The van der Waals surface area contributed by atoms with Crippen LogP contribution in [-0.4, -0.2) is 30.8 Å². The zero-order valence-corrected chi connectivity index (χ0v) is 23.4. The first-order valence-electron chi connectivity index (χ1n) is 14.1. The highest BCUT2D eigenvalue weighted by molar-refractivity contribution is 5.91. The third-order valence-corrected chi connectivity index (χ3v) is 6.51. The predicted molar refractivity (Wildman–Crippen MR) is 154 cm³/mol. The summed E-state index contributed by atoms with van der Waals surface area (Å²) < 4.78 is 11.8. The molecule has 0 atom stereocenters. The van der Waals surface area contributed by atoms with Crippen molar-refractivity contribution in [2.24, 2.45) is 0 Å². The van der Waals surface area contributed by atoms with Crippen LogP contribution in [-0.2, 0) is 11.2 Å². The fraction of sp³-hybridized carbons (Fsp3) is 0.531. The van der Waals surface area contributed by atoms with Gasteiger partial charge in [-0.2, -0.15) is 0 Å². The Labute approximate surface area is 224 Å². The van der Waals surface area contributed by atoms with Gasteiger partial charge in [0.1, 0.15) is 0 Å². The number of rotatable bonds is 18. The van der Waals surface area contributed by atoms with E-state index in [1.807, 2.05) is 0 Å². The molecule has 2 aromatic carbocycles. The van der Waals surface area contributed by atoms with Gasteiger partial charge in [-0.15, -0.1) is 0 Å². The Morgan fingerprint density at radius 2 is 1.46 bits per heavy atom. The number of unbranched alkanes of at least 4 members (excludes halogenated alkanes) is 6. The van der Waals surface area contributed by atoms with Gasteiger partial charge < -0.3 is 19.9 Å². The molecule has 0 fully saturated rings. The van der Waals surface area contributed by atoms with Crippen molar-refractivity contribution >= 4 is 12.0 Å². The molecule has 0 bridgehead atoms. The van der Waals surface area contributed by atoms with E-state index >= 15 is 0 Å². The lowest BCUT2D eigenvalue weighted by molar-refractivity contribution is -0.116. The SMILES string of the molecule is CCCCCCOc1cc(C=CC(=O)NCCCc2ccc(C)c(C)c2)cc(OCCCCCC)c1O. The maximum atomic E-state index is 12.4. The third-order valence-electron chi connectivity index (χ3n) is 6.51. The lowest BCUT2D eigenvalue weighted by atomic mass is 10.0. The Hall–Kier alpha value is -2.95. The number of ether oxygens (including phenoxy) is 2. The van der Waals surface area contributed by atoms with Crippen molar-refractivity contribution in [1.82, 2.24) is 5.32 Å². The molecule has 0 saturated heterocycles. The molecule has 0 heterocycles. The molecule has 204 valence electrons. The molecule has 2 aromatic rings. The molecule has 0 aliphatic rings. The number of carbonyl (C=O) groups is 1. The first-order valence-corrected chi connectivity index (χ1v) is 14.1. The minimum Gasteiger partial charge on any atom is -0.502 e. The minimum absolute atomic E-state index is 0.0268. The molecule has 5 nitrogen and oxygen atoms in total. The van der Waals surface area contributed by atoms with Crippen LogP contribution in [0.5, 0.6) is 17.2 Å². The van der Waals surface area contributed by atoms with Gasteiger partial charge in [-0.1, -0.05) is 70.6 Å². The van der Waals surface area contributed by atoms with Gasteiger partial charge in [-0.05, 0) is 80.0 Å². The van der Waals surface area contributed by atoms with Gasteiger partial charge in [0, 0.05) is 12.6 Å². The smallest absolute Gasteiger partial charge is 0.243 e. The summed E-state index contributed by atoms with van der Waals surface area (Å²) >= 11 is 0. The summed E-state index contributed by atoms with van der Waals surface area (Å²) in [6.45, 7) is 10.3. The van der Waals surface area contributed by atoms with Crippen molar-refractivity contribution in [3.8, 4) is 17.2 Å². The normalized spacial score (nSPS) is 11.1. The molecule has 5 heteroatoms. The Kier molecular flexibility index (Phi) is 14.3. The zero-order valence-electron chi connectivity index (χ0n) is 23.4. The highest BCUT2D eigenvalue weighted by atomic mass is 16.5. The molecule has 0 aliphatic carbocycles. The Bertz CT molecular complexity index is 948. The number of hydrogen-bond donors (Lipinski definition) is 2. The summed E-state index contributed by atoms with van der Waals surface area (Å²) in [5, 5.41) is 13.7. The monoisotopic (exact) mass is 509 g/mol. The van der Waals surface area contributed by atoms with Crippen LogP contribution in [0, 0.1) is 13.8 Å². The van der Waals surface area contributed by atoms with Gasteiger partial charge in [-0.25, -0.2) is 0 Å². The number of amides is 1. The van der Waals surface area contributed by atoms with E-state index in [4.69, 9.17) is 9.47 Å². The second-order valence-electron chi connectivity index (χ2n) is 9.83. The minimum atomic E-state index is -0.141. The quantitative estimate of drug-likeness (QED) is 0.160. The molecule has 0 aromatic heterocycles. The van der Waals surface area contributed by atoms with Crippen molar-refractivity contribution in [1.29, 1.82) is 0 Å². The van der Waals surface area contributed by atoms with Gasteiger partial charge in [0.05, 0.1) is 13.2 Å². The average Bonchev–Trinajstić information content (AvgIpc) is 2.89. The molecule has 0 unspecified atom stereocenters. The number of aryl methyl sites for hydroxylation is 3. The molecular formula is C32H47NO4. The van der Waals surface area contributed by atoms with Crippen molar-refractivity contribution in [3.63, 3.8) is 0 Å². The van der Waals surface area contributed by atoms with Crippen molar-refractivity contribution in [2.45, 2.75) is 91.9 Å². The number of aromatic hydroxyl groups is 1. The maximum absolute atomic E-state index is 12.4. The van der Waals surface area contributed by atoms with Crippen LogP contribution in [0.15, 0.2) is 36.4 Å². The van der Waals surface area contributed by atoms with E-state index in [0.717, 1.165) is 56.9 Å². The largest absolute Gasteiger partial charge is 0.502 e. The third kappa shape index (κ3) is 11.8. The summed E-state index contributed by atoms with van der Waals surface area (Å²) in [6, 6.07) is 10.1. The lowest BCUT2D eigenvalue weighted by Crippen LogP contribution is -2.22. The number of benzene rings is 2. The summed E-state index contributed by atoms with van der Waals surface area (Å²) in [7, 11) is 0. The molecule has 2 rings (SSSR count). The van der Waals surface area contributed by atoms with E-state index in [1.165, 1.54) is 35.6 Å². The van der Waals surface area contributed by atoms with Gasteiger partial charge in [0.25, 0.3) is 0 Å². The molecule has 37 heavy (non-hydrogen) atoms.